The Hall–Kier alpha value is -2.71. The van der Waals surface area contributed by atoms with E-state index in [-0.39, 0.29) is 23.5 Å². The molecule has 6 nitrogen and oxygen atoms in total. The number of methoxy groups -OCH3 is 2. The Morgan fingerprint density at radius 2 is 1.84 bits per heavy atom. The van der Waals surface area contributed by atoms with Gasteiger partial charge in [0.1, 0.15) is 5.82 Å². The number of aliphatic imine (C=N–C) groups is 1. The molecule has 0 bridgehead atoms. The number of ether oxygens (including phenoxy) is 2. The molecule has 0 amide bonds. The molecule has 1 fully saturated rings. The normalized spacial score (nSPS) is 16.6. The lowest BCUT2D eigenvalue weighted by Crippen LogP contribution is -2.49. The highest BCUT2D eigenvalue weighted by molar-refractivity contribution is 5.80. The summed E-state index contributed by atoms with van der Waals surface area (Å²) in [5, 5.41) is 6.78. The van der Waals surface area contributed by atoms with Crippen LogP contribution in [0.1, 0.15) is 30.1 Å². The maximum atomic E-state index is 13.9. The van der Waals surface area contributed by atoms with E-state index in [1.807, 2.05) is 6.07 Å². The lowest BCUT2D eigenvalue weighted by Gasteiger charge is -2.33. The molecular weight excluding hydrogens is 414 g/mol. The quantitative estimate of drug-likeness (QED) is 0.480. The molecule has 0 aromatic heterocycles. The van der Waals surface area contributed by atoms with Crippen molar-refractivity contribution in [3.05, 3.63) is 65.2 Å². The standard InChI is InChI=1S/C24H32F2N4O2/c1-27-24(28-15-23(32-3)18-5-7-19(25)8-6-18)29-20-10-12-30(13-11-20)16-17-4-9-22(31-2)21(26)14-17/h4-9,14,20,23H,10-13,15-16H2,1-3H3,(H2,27,28,29). The molecule has 0 aliphatic carbocycles. The van der Waals surface area contributed by atoms with E-state index in [0.29, 0.717) is 25.1 Å². The minimum Gasteiger partial charge on any atom is -0.494 e. The number of hydrogen-bond acceptors (Lipinski definition) is 4. The molecule has 0 saturated carbocycles. The predicted octanol–water partition coefficient (Wildman–Crippen LogP) is 3.49. The Morgan fingerprint density at radius 1 is 1.12 bits per heavy atom. The molecule has 0 radical (unpaired) electrons. The summed E-state index contributed by atoms with van der Waals surface area (Å²) in [5.41, 5.74) is 1.85. The van der Waals surface area contributed by atoms with Gasteiger partial charge in [0, 0.05) is 46.4 Å². The van der Waals surface area contributed by atoms with Gasteiger partial charge >= 0.3 is 0 Å². The molecule has 8 heteroatoms. The minimum atomic E-state index is -0.327. The first-order chi connectivity index (χ1) is 15.5. The van der Waals surface area contributed by atoms with Gasteiger partial charge in [0.05, 0.1) is 13.2 Å². The number of benzene rings is 2. The van der Waals surface area contributed by atoms with Crippen LogP contribution in [0.3, 0.4) is 0 Å². The van der Waals surface area contributed by atoms with Crippen molar-refractivity contribution in [3.63, 3.8) is 0 Å². The molecule has 1 aliphatic heterocycles. The van der Waals surface area contributed by atoms with Gasteiger partial charge in [-0.05, 0) is 48.2 Å². The van der Waals surface area contributed by atoms with Crippen molar-refractivity contribution in [2.24, 2.45) is 4.99 Å². The number of rotatable bonds is 8. The summed E-state index contributed by atoms with van der Waals surface area (Å²) >= 11 is 0. The van der Waals surface area contributed by atoms with Gasteiger partial charge in [-0.15, -0.1) is 0 Å². The van der Waals surface area contributed by atoms with Crippen LogP contribution in [0.4, 0.5) is 8.78 Å². The van der Waals surface area contributed by atoms with Crippen molar-refractivity contribution in [1.29, 1.82) is 0 Å². The molecule has 1 heterocycles. The zero-order valence-electron chi connectivity index (χ0n) is 18.9. The van der Waals surface area contributed by atoms with Gasteiger partial charge in [-0.3, -0.25) is 9.89 Å². The van der Waals surface area contributed by atoms with E-state index in [2.05, 4.69) is 20.5 Å². The van der Waals surface area contributed by atoms with E-state index < -0.39 is 0 Å². The number of piperidine rings is 1. The van der Waals surface area contributed by atoms with E-state index in [0.717, 1.165) is 37.1 Å². The number of hydrogen-bond donors (Lipinski definition) is 2. The first-order valence-electron chi connectivity index (χ1n) is 10.8. The van der Waals surface area contributed by atoms with Crippen LogP contribution in [0, 0.1) is 11.6 Å². The lowest BCUT2D eigenvalue weighted by molar-refractivity contribution is 0.106. The van der Waals surface area contributed by atoms with Crippen LogP contribution in [0.25, 0.3) is 0 Å². The zero-order valence-corrected chi connectivity index (χ0v) is 18.9. The fraction of sp³-hybridized carbons (Fsp3) is 0.458. The molecule has 2 aromatic rings. The molecule has 1 unspecified atom stereocenters. The monoisotopic (exact) mass is 446 g/mol. The Balaban J connectivity index is 1.44. The second-order valence-electron chi connectivity index (χ2n) is 7.89. The van der Waals surface area contributed by atoms with Crippen molar-refractivity contribution in [2.75, 3.05) is 40.9 Å². The second-order valence-corrected chi connectivity index (χ2v) is 7.89. The van der Waals surface area contributed by atoms with E-state index >= 15 is 0 Å². The number of likely N-dealkylation sites (tertiary alicyclic amines) is 1. The summed E-state index contributed by atoms with van der Waals surface area (Å²) < 4.78 is 37.6. The highest BCUT2D eigenvalue weighted by Crippen LogP contribution is 2.20. The number of nitrogens with one attached hydrogen (secondary N) is 2. The summed E-state index contributed by atoms with van der Waals surface area (Å²) in [6.45, 7) is 3.06. The van der Waals surface area contributed by atoms with Crippen LogP contribution in [-0.2, 0) is 11.3 Å². The third-order valence-electron chi connectivity index (χ3n) is 5.76. The van der Waals surface area contributed by atoms with Crippen LogP contribution < -0.4 is 15.4 Å². The average molecular weight is 447 g/mol. The van der Waals surface area contributed by atoms with Crippen molar-refractivity contribution in [2.45, 2.75) is 31.5 Å². The molecule has 1 saturated heterocycles. The molecule has 174 valence electrons. The van der Waals surface area contributed by atoms with E-state index in [1.165, 1.54) is 19.2 Å². The fourth-order valence-electron chi connectivity index (χ4n) is 3.89. The van der Waals surface area contributed by atoms with Crippen LogP contribution in [0.2, 0.25) is 0 Å². The van der Waals surface area contributed by atoms with Crippen molar-refractivity contribution in [1.82, 2.24) is 15.5 Å². The average Bonchev–Trinajstić information content (AvgIpc) is 2.81. The summed E-state index contributed by atoms with van der Waals surface area (Å²) in [6, 6.07) is 11.8. The van der Waals surface area contributed by atoms with Crippen LogP contribution in [0.5, 0.6) is 5.75 Å². The van der Waals surface area contributed by atoms with Gasteiger partial charge < -0.3 is 20.1 Å². The van der Waals surface area contributed by atoms with Crippen molar-refractivity contribution < 1.29 is 18.3 Å². The highest BCUT2D eigenvalue weighted by atomic mass is 19.1. The van der Waals surface area contributed by atoms with Gasteiger partial charge in [-0.25, -0.2) is 8.78 Å². The maximum absolute atomic E-state index is 13.9. The van der Waals surface area contributed by atoms with E-state index in [9.17, 15) is 8.78 Å². The Morgan fingerprint density at radius 3 is 2.44 bits per heavy atom. The highest BCUT2D eigenvalue weighted by Gasteiger charge is 2.21. The van der Waals surface area contributed by atoms with Crippen LogP contribution in [0.15, 0.2) is 47.5 Å². The van der Waals surface area contributed by atoms with Gasteiger partial charge in [-0.2, -0.15) is 0 Å². The maximum Gasteiger partial charge on any atom is 0.191 e. The van der Waals surface area contributed by atoms with Crippen molar-refractivity contribution in [3.8, 4) is 5.75 Å². The summed E-state index contributed by atoms with van der Waals surface area (Å²) in [5.74, 6) is 0.388. The third kappa shape index (κ3) is 6.64. The number of guanidine groups is 1. The molecule has 32 heavy (non-hydrogen) atoms. The molecule has 1 atom stereocenters. The second kappa shape index (κ2) is 11.8. The van der Waals surface area contributed by atoms with Crippen LogP contribution >= 0.6 is 0 Å². The van der Waals surface area contributed by atoms with E-state index in [1.54, 1.807) is 38.4 Å². The summed E-state index contributed by atoms with van der Waals surface area (Å²) in [7, 11) is 4.84. The van der Waals surface area contributed by atoms with Gasteiger partial charge in [0.25, 0.3) is 0 Å². The molecular formula is C24H32F2N4O2. The lowest BCUT2D eigenvalue weighted by atomic mass is 10.0. The fourth-order valence-corrected chi connectivity index (χ4v) is 3.89. The first-order valence-corrected chi connectivity index (χ1v) is 10.8. The molecule has 1 aliphatic rings. The molecule has 2 N–H and O–H groups in total. The van der Waals surface area contributed by atoms with Gasteiger partial charge in [0.2, 0.25) is 0 Å². The van der Waals surface area contributed by atoms with Crippen molar-refractivity contribution >= 4 is 5.96 Å². The third-order valence-corrected chi connectivity index (χ3v) is 5.76. The summed E-state index contributed by atoms with van der Waals surface area (Å²) in [4.78, 5) is 6.65. The van der Waals surface area contributed by atoms with Crippen LogP contribution in [-0.4, -0.2) is 57.8 Å². The smallest absolute Gasteiger partial charge is 0.191 e. The topological polar surface area (TPSA) is 58.1 Å². The summed E-state index contributed by atoms with van der Waals surface area (Å²) in [6.07, 6.45) is 1.72. The first kappa shape index (κ1) is 23.9. The Labute approximate surface area is 188 Å². The molecule has 3 rings (SSSR count). The van der Waals surface area contributed by atoms with Gasteiger partial charge in [0.15, 0.2) is 17.5 Å². The zero-order chi connectivity index (χ0) is 22.9. The molecule has 2 aromatic carbocycles. The Bertz CT molecular complexity index is 884. The van der Waals surface area contributed by atoms with Gasteiger partial charge in [-0.1, -0.05) is 18.2 Å². The SMILES string of the molecule is CN=C(NCC(OC)c1ccc(F)cc1)NC1CCN(Cc2ccc(OC)c(F)c2)CC1. The number of nitrogens with zero attached hydrogens (tertiary/aromatic N) is 2. The number of halogens is 2. The molecule has 0 spiro atoms. The Kier molecular flexibility index (Phi) is 8.81. The minimum absolute atomic E-state index is 0.208. The predicted molar refractivity (Wildman–Crippen MR) is 122 cm³/mol. The van der Waals surface area contributed by atoms with E-state index in [4.69, 9.17) is 9.47 Å². The largest absolute Gasteiger partial charge is 0.494 e.